The summed E-state index contributed by atoms with van der Waals surface area (Å²) in [5.41, 5.74) is 12.3. The van der Waals surface area contributed by atoms with Crippen LogP contribution >= 0.6 is 0 Å². The van der Waals surface area contributed by atoms with Gasteiger partial charge in [0.05, 0.1) is 0 Å². The van der Waals surface area contributed by atoms with E-state index in [0.717, 1.165) is 0 Å². The molecule has 2 amide bonds. The van der Waals surface area contributed by atoms with E-state index in [9.17, 15) is 9.59 Å². The van der Waals surface area contributed by atoms with Gasteiger partial charge < -0.3 is 16.8 Å². The highest BCUT2D eigenvalue weighted by Gasteiger charge is 2.14. The van der Waals surface area contributed by atoms with Gasteiger partial charge in [-0.3, -0.25) is 9.59 Å². The number of carbonyl (C=O) groups excluding carboxylic acids is 2. The van der Waals surface area contributed by atoms with Gasteiger partial charge in [0, 0.05) is 23.7 Å². The van der Waals surface area contributed by atoms with E-state index in [0.29, 0.717) is 16.8 Å². The summed E-state index contributed by atoms with van der Waals surface area (Å²) in [6.07, 6.45) is 0. The van der Waals surface area contributed by atoms with Crippen molar-refractivity contribution in [1.29, 1.82) is 0 Å². The first kappa shape index (κ1) is 13.2. The molecule has 5 nitrogen and oxygen atoms in total. The first-order valence-electron chi connectivity index (χ1n) is 5.37. The van der Waals surface area contributed by atoms with Gasteiger partial charge in [-0.25, -0.2) is 0 Å². The van der Waals surface area contributed by atoms with Gasteiger partial charge in [-0.2, -0.15) is 0 Å². The molecule has 1 rings (SSSR count). The summed E-state index contributed by atoms with van der Waals surface area (Å²) in [7, 11) is 0. The van der Waals surface area contributed by atoms with Gasteiger partial charge in [0.15, 0.2) is 0 Å². The summed E-state index contributed by atoms with van der Waals surface area (Å²) >= 11 is 0. The predicted octanol–water partition coefficient (Wildman–Crippen LogP) is 0.627. The number of carbonyl (C=O) groups is 2. The third-order valence-corrected chi connectivity index (χ3v) is 2.66. The Labute approximate surface area is 100 Å². The Bertz CT molecular complexity index is 443. The number of hydrogen-bond acceptors (Lipinski definition) is 3. The first-order valence-corrected chi connectivity index (χ1v) is 5.37. The van der Waals surface area contributed by atoms with Crippen molar-refractivity contribution >= 4 is 17.5 Å². The van der Waals surface area contributed by atoms with Gasteiger partial charge in [-0.1, -0.05) is 13.0 Å². The fraction of sp³-hybridized carbons (Fsp3) is 0.333. The van der Waals surface area contributed by atoms with E-state index in [-0.39, 0.29) is 18.4 Å². The average molecular weight is 235 g/mol. The van der Waals surface area contributed by atoms with Crippen LogP contribution in [0.5, 0.6) is 0 Å². The van der Waals surface area contributed by atoms with Gasteiger partial charge in [-0.05, 0) is 24.6 Å². The van der Waals surface area contributed by atoms with E-state index in [4.69, 9.17) is 11.5 Å². The quantitative estimate of drug-likeness (QED) is 0.713. The maximum absolute atomic E-state index is 11.7. The molecule has 0 saturated carbocycles. The zero-order valence-electron chi connectivity index (χ0n) is 9.99. The Morgan fingerprint density at radius 2 is 2.06 bits per heavy atom. The van der Waals surface area contributed by atoms with Gasteiger partial charge in [0.25, 0.3) is 0 Å². The highest BCUT2D eigenvalue weighted by atomic mass is 16.2. The van der Waals surface area contributed by atoms with Crippen molar-refractivity contribution in [3.63, 3.8) is 0 Å². The van der Waals surface area contributed by atoms with Crippen LogP contribution < -0.4 is 16.8 Å². The van der Waals surface area contributed by atoms with Crippen molar-refractivity contribution in [1.82, 2.24) is 0 Å². The molecular weight excluding hydrogens is 218 g/mol. The molecule has 5 N–H and O–H groups in total. The Morgan fingerprint density at radius 1 is 1.41 bits per heavy atom. The van der Waals surface area contributed by atoms with Gasteiger partial charge in [0.1, 0.15) is 0 Å². The maximum Gasteiger partial charge on any atom is 0.249 e. The molecule has 0 bridgehead atoms. The Balaban J connectivity index is 2.96. The standard InChI is InChI=1S/C12H17N3O2/c1-7(6-13)12(17)15-10-5-3-4-9(8(10)2)11(14)16/h3-5,7H,6,13H2,1-2H3,(H2,14,16)(H,15,17). The van der Waals surface area contributed by atoms with E-state index in [1.54, 1.807) is 32.0 Å². The lowest BCUT2D eigenvalue weighted by Gasteiger charge is -2.13. The Hall–Kier alpha value is -1.88. The van der Waals surface area contributed by atoms with Crippen LogP contribution in [0.3, 0.4) is 0 Å². The van der Waals surface area contributed by atoms with Gasteiger partial charge >= 0.3 is 0 Å². The molecule has 0 aliphatic heterocycles. The molecule has 0 aliphatic rings. The number of anilines is 1. The highest BCUT2D eigenvalue weighted by molar-refractivity contribution is 5.98. The minimum absolute atomic E-state index is 0.169. The van der Waals surface area contributed by atoms with Gasteiger partial charge in [0.2, 0.25) is 11.8 Å². The number of primary amides is 1. The zero-order valence-corrected chi connectivity index (χ0v) is 9.99. The lowest BCUT2D eigenvalue weighted by atomic mass is 10.1. The zero-order chi connectivity index (χ0) is 13.0. The number of benzene rings is 1. The van der Waals surface area contributed by atoms with Crippen molar-refractivity contribution in [3.8, 4) is 0 Å². The second kappa shape index (κ2) is 5.45. The molecule has 0 aliphatic carbocycles. The maximum atomic E-state index is 11.7. The molecule has 92 valence electrons. The van der Waals surface area contributed by atoms with Crippen molar-refractivity contribution in [2.45, 2.75) is 13.8 Å². The molecule has 1 atom stereocenters. The molecule has 17 heavy (non-hydrogen) atoms. The summed E-state index contributed by atoms with van der Waals surface area (Å²) in [4.78, 5) is 22.8. The highest BCUT2D eigenvalue weighted by Crippen LogP contribution is 2.19. The number of nitrogens with one attached hydrogen (secondary N) is 1. The lowest BCUT2D eigenvalue weighted by molar-refractivity contribution is -0.119. The minimum Gasteiger partial charge on any atom is -0.366 e. The molecule has 1 aromatic rings. The Morgan fingerprint density at radius 3 is 2.59 bits per heavy atom. The number of hydrogen-bond donors (Lipinski definition) is 3. The van der Waals surface area contributed by atoms with Crippen LogP contribution in [-0.4, -0.2) is 18.4 Å². The van der Waals surface area contributed by atoms with Crippen molar-refractivity contribution in [3.05, 3.63) is 29.3 Å². The molecular formula is C12H17N3O2. The first-order chi connectivity index (χ1) is 7.97. The van der Waals surface area contributed by atoms with Crippen molar-refractivity contribution < 1.29 is 9.59 Å². The number of nitrogens with two attached hydrogens (primary N) is 2. The van der Waals surface area contributed by atoms with E-state index >= 15 is 0 Å². The van der Waals surface area contributed by atoms with E-state index in [2.05, 4.69) is 5.32 Å². The third-order valence-electron chi connectivity index (χ3n) is 2.66. The molecule has 1 unspecified atom stereocenters. The molecule has 1 aromatic carbocycles. The van der Waals surface area contributed by atoms with Crippen LogP contribution in [0.2, 0.25) is 0 Å². The van der Waals surface area contributed by atoms with Crippen LogP contribution in [0.1, 0.15) is 22.8 Å². The fourth-order valence-electron chi connectivity index (χ4n) is 1.40. The van der Waals surface area contributed by atoms with E-state index in [1.807, 2.05) is 0 Å². The largest absolute Gasteiger partial charge is 0.366 e. The van der Waals surface area contributed by atoms with E-state index in [1.165, 1.54) is 0 Å². The molecule has 0 spiro atoms. The third kappa shape index (κ3) is 3.04. The molecule has 0 aromatic heterocycles. The topological polar surface area (TPSA) is 98.2 Å². The molecule has 0 fully saturated rings. The number of amides is 2. The van der Waals surface area contributed by atoms with Crippen LogP contribution in [-0.2, 0) is 4.79 Å². The minimum atomic E-state index is -0.509. The van der Waals surface area contributed by atoms with Crippen LogP contribution in [0.4, 0.5) is 5.69 Å². The summed E-state index contributed by atoms with van der Waals surface area (Å²) in [6.45, 7) is 3.76. The lowest BCUT2D eigenvalue weighted by Crippen LogP contribution is -2.27. The monoisotopic (exact) mass is 235 g/mol. The van der Waals surface area contributed by atoms with Crippen molar-refractivity contribution in [2.75, 3.05) is 11.9 Å². The fourth-order valence-corrected chi connectivity index (χ4v) is 1.40. The van der Waals surface area contributed by atoms with Crippen LogP contribution in [0, 0.1) is 12.8 Å². The SMILES string of the molecule is Cc1c(NC(=O)C(C)CN)cccc1C(N)=O. The summed E-state index contributed by atoms with van der Waals surface area (Å²) in [5, 5.41) is 2.73. The molecule has 0 heterocycles. The van der Waals surface area contributed by atoms with Crippen LogP contribution in [0.15, 0.2) is 18.2 Å². The molecule has 0 saturated heterocycles. The number of rotatable bonds is 4. The molecule has 0 radical (unpaired) electrons. The molecule has 5 heteroatoms. The van der Waals surface area contributed by atoms with Crippen molar-refractivity contribution in [2.24, 2.45) is 17.4 Å². The van der Waals surface area contributed by atoms with E-state index < -0.39 is 5.91 Å². The normalized spacial score (nSPS) is 11.9. The summed E-state index contributed by atoms with van der Waals surface area (Å²) < 4.78 is 0. The van der Waals surface area contributed by atoms with Gasteiger partial charge in [-0.15, -0.1) is 0 Å². The van der Waals surface area contributed by atoms with Crippen LogP contribution in [0.25, 0.3) is 0 Å². The second-order valence-corrected chi connectivity index (χ2v) is 3.97. The summed E-state index contributed by atoms with van der Waals surface area (Å²) in [6, 6.07) is 5.03. The second-order valence-electron chi connectivity index (χ2n) is 3.97. The smallest absolute Gasteiger partial charge is 0.249 e. The summed E-state index contributed by atoms with van der Waals surface area (Å²) in [5.74, 6) is -0.950. The predicted molar refractivity (Wildman–Crippen MR) is 66.5 cm³/mol. The average Bonchev–Trinajstić information content (AvgIpc) is 2.30. The Kier molecular flexibility index (Phi) is 4.23.